The highest BCUT2D eigenvalue weighted by Crippen LogP contribution is 2.60. The van der Waals surface area contributed by atoms with Crippen LogP contribution >= 0.6 is 23.2 Å². The summed E-state index contributed by atoms with van der Waals surface area (Å²) in [4.78, 5) is 11.2. The van der Waals surface area contributed by atoms with Crippen molar-refractivity contribution < 1.29 is 14.4 Å². The molecule has 3 unspecified atom stereocenters. The maximum Gasteiger partial charge on any atom is 0.307 e. The van der Waals surface area contributed by atoms with Gasteiger partial charge in [0.15, 0.2) is 0 Å². The maximum absolute atomic E-state index is 11.2. The summed E-state index contributed by atoms with van der Waals surface area (Å²) in [6.07, 6.45) is 1.66. The number of fused-ring (bicyclic) bond motifs is 3. The lowest BCUT2D eigenvalue weighted by Crippen LogP contribution is -1.99. The molecule has 0 spiro atoms. The van der Waals surface area contributed by atoms with Crippen molar-refractivity contribution >= 4 is 29.2 Å². The van der Waals surface area contributed by atoms with E-state index in [9.17, 15) is 9.90 Å². The fraction of sp³-hybridized carbons (Fsp3) is 0.333. The average molecular weight is 324 g/mol. The Morgan fingerprint density at radius 2 is 2.14 bits per heavy atom. The number of hydrogen-bond acceptors (Lipinski definition) is 3. The maximum atomic E-state index is 11.2. The smallest absolute Gasteiger partial charge is 0.307 e. The van der Waals surface area contributed by atoms with E-state index < -0.39 is 5.97 Å². The molecule has 1 aromatic carbocycles. The van der Waals surface area contributed by atoms with Gasteiger partial charge in [-0.15, -0.1) is 0 Å². The minimum absolute atomic E-state index is 0.0183. The molecule has 108 valence electrons. The number of carbonyl (C=O) groups is 1. The molecule has 1 aromatic heterocycles. The van der Waals surface area contributed by atoms with Gasteiger partial charge in [0.25, 0.3) is 0 Å². The molecule has 4 nitrogen and oxygen atoms in total. The monoisotopic (exact) mass is 323 g/mol. The van der Waals surface area contributed by atoms with Crippen LogP contribution in [-0.2, 0) is 11.2 Å². The number of benzene rings is 1. The number of hydrogen-bond donors (Lipinski definition) is 1. The first-order chi connectivity index (χ1) is 10.1. The number of carboxylic acids is 1. The third-order valence-corrected chi connectivity index (χ3v) is 5.23. The van der Waals surface area contributed by atoms with Gasteiger partial charge < -0.3 is 9.63 Å². The Kier molecular flexibility index (Phi) is 2.81. The minimum Gasteiger partial charge on any atom is -0.481 e. The summed E-state index contributed by atoms with van der Waals surface area (Å²) in [6.45, 7) is 0. The van der Waals surface area contributed by atoms with Gasteiger partial charge in [0.05, 0.1) is 16.0 Å². The number of aromatic nitrogens is 1. The van der Waals surface area contributed by atoms with Crippen LogP contribution in [0.1, 0.15) is 23.7 Å². The predicted molar refractivity (Wildman–Crippen MR) is 77.6 cm³/mol. The molecule has 2 aliphatic carbocycles. The zero-order chi connectivity index (χ0) is 14.7. The highest BCUT2D eigenvalue weighted by Gasteiger charge is 2.60. The lowest BCUT2D eigenvalue weighted by molar-refractivity contribution is -0.139. The van der Waals surface area contributed by atoms with Gasteiger partial charge in [0, 0.05) is 17.0 Å². The van der Waals surface area contributed by atoms with E-state index in [1.165, 1.54) is 0 Å². The second-order valence-corrected chi connectivity index (χ2v) is 6.41. The molecule has 6 heteroatoms. The number of aliphatic carboxylic acids is 1. The van der Waals surface area contributed by atoms with E-state index in [0.717, 1.165) is 35.4 Å². The lowest BCUT2D eigenvalue weighted by Gasteiger charge is -2.08. The van der Waals surface area contributed by atoms with Crippen LogP contribution in [0.25, 0.3) is 11.3 Å². The molecule has 3 atom stereocenters. The molecule has 0 amide bonds. The van der Waals surface area contributed by atoms with Crippen molar-refractivity contribution in [3.63, 3.8) is 0 Å². The van der Waals surface area contributed by atoms with Gasteiger partial charge in [0.1, 0.15) is 11.5 Å². The first-order valence-electron chi connectivity index (χ1n) is 6.74. The molecule has 2 aliphatic rings. The van der Waals surface area contributed by atoms with E-state index in [0.29, 0.717) is 10.0 Å². The van der Waals surface area contributed by atoms with E-state index in [4.69, 9.17) is 27.7 Å². The first-order valence-corrected chi connectivity index (χ1v) is 7.50. The fourth-order valence-corrected chi connectivity index (χ4v) is 3.73. The molecule has 21 heavy (non-hydrogen) atoms. The first kappa shape index (κ1) is 13.2. The number of nitrogens with zero attached hydrogens (tertiary/aromatic N) is 1. The zero-order valence-electron chi connectivity index (χ0n) is 10.8. The summed E-state index contributed by atoms with van der Waals surface area (Å²) >= 11 is 12.0. The van der Waals surface area contributed by atoms with E-state index in [2.05, 4.69) is 5.16 Å². The van der Waals surface area contributed by atoms with Crippen molar-refractivity contribution in [2.24, 2.45) is 11.8 Å². The van der Waals surface area contributed by atoms with Crippen molar-refractivity contribution in [1.29, 1.82) is 0 Å². The number of carboxylic acid groups (broad SMARTS) is 1. The highest BCUT2D eigenvalue weighted by atomic mass is 35.5. The molecule has 0 saturated heterocycles. The number of rotatable bonds is 2. The van der Waals surface area contributed by atoms with Crippen LogP contribution in [0, 0.1) is 11.8 Å². The largest absolute Gasteiger partial charge is 0.481 e. The van der Waals surface area contributed by atoms with Crippen molar-refractivity contribution in [3.05, 3.63) is 39.6 Å². The van der Waals surface area contributed by atoms with Crippen molar-refractivity contribution in [1.82, 2.24) is 5.16 Å². The molecule has 1 heterocycles. The summed E-state index contributed by atoms with van der Waals surface area (Å²) in [5, 5.41) is 14.3. The second-order valence-electron chi connectivity index (χ2n) is 5.60. The van der Waals surface area contributed by atoms with Crippen molar-refractivity contribution in [2.75, 3.05) is 0 Å². The molecule has 1 N–H and O–H groups in total. The Morgan fingerprint density at radius 1 is 1.33 bits per heavy atom. The van der Waals surface area contributed by atoms with E-state index >= 15 is 0 Å². The molecule has 0 aliphatic heterocycles. The van der Waals surface area contributed by atoms with Crippen LogP contribution in [0.4, 0.5) is 0 Å². The SMILES string of the molecule is O=C(O)C1C2CCc3c(-c4ccc(Cl)c(Cl)c4)noc3C21. The van der Waals surface area contributed by atoms with Gasteiger partial charge in [-0.05, 0) is 30.9 Å². The van der Waals surface area contributed by atoms with Gasteiger partial charge >= 0.3 is 5.97 Å². The average Bonchev–Trinajstić information content (AvgIpc) is 3.05. The normalized spacial score (nSPS) is 26.1. The molecular weight excluding hydrogens is 313 g/mol. The van der Waals surface area contributed by atoms with Gasteiger partial charge in [-0.25, -0.2) is 0 Å². The summed E-state index contributed by atoms with van der Waals surface area (Å²) in [7, 11) is 0. The Morgan fingerprint density at radius 3 is 2.86 bits per heavy atom. The van der Waals surface area contributed by atoms with E-state index in [1.807, 2.05) is 6.07 Å². The standard InChI is InChI=1S/C15H11Cl2NO3/c16-9-4-1-6(5-10(9)17)13-8-3-2-7-11(12(7)15(19)20)14(8)21-18-13/h1,4-5,7,11-12H,2-3H2,(H,19,20). The van der Waals surface area contributed by atoms with Gasteiger partial charge in [-0.2, -0.15) is 0 Å². The molecule has 2 aromatic rings. The molecule has 1 fully saturated rings. The second kappa shape index (κ2) is 4.49. The van der Waals surface area contributed by atoms with Crippen molar-refractivity contribution in [3.8, 4) is 11.3 Å². The van der Waals surface area contributed by atoms with Crippen LogP contribution < -0.4 is 0 Å². The highest BCUT2D eigenvalue weighted by molar-refractivity contribution is 6.42. The van der Waals surface area contributed by atoms with E-state index in [-0.39, 0.29) is 17.8 Å². The third kappa shape index (κ3) is 1.89. The van der Waals surface area contributed by atoms with Crippen LogP contribution in [0.5, 0.6) is 0 Å². The van der Waals surface area contributed by atoms with Crippen LogP contribution in [0.15, 0.2) is 22.7 Å². The molecule has 1 saturated carbocycles. The van der Waals surface area contributed by atoms with Gasteiger partial charge in [0.2, 0.25) is 0 Å². The molecule has 4 rings (SSSR count). The van der Waals surface area contributed by atoms with Crippen molar-refractivity contribution in [2.45, 2.75) is 18.8 Å². The zero-order valence-corrected chi connectivity index (χ0v) is 12.4. The molecule has 0 bridgehead atoms. The quantitative estimate of drug-likeness (QED) is 0.906. The Balaban J connectivity index is 1.75. The predicted octanol–water partition coefficient (Wildman–Crippen LogP) is 4.01. The van der Waals surface area contributed by atoms with Gasteiger partial charge in [-0.3, -0.25) is 4.79 Å². The van der Waals surface area contributed by atoms with Gasteiger partial charge in [-0.1, -0.05) is 34.4 Å². The third-order valence-electron chi connectivity index (χ3n) is 4.50. The summed E-state index contributed by atoms with van der Waals surface area (Å²) in [6, 6.07) is 5.33. The summed E-state index contributed by atoms with van der Waals surface area (Å²) in [5.41, 5.74) is 2.61. The summed E-state index contributed by atoms with van der Waals surface area (Å²) < 4.78 is 5.46. The van der Waals surface area contributed by atoms with Crippen LogP contribution in [0.2, 0.25) is 10.0 Å². The Bertz CT molecular complexity index is 755. The minimum atomic E-state index is -0.745. The van der Waals surface area contributed by atoms with Crippen LogP contribution in [0.3, 0.4) is 0 Å². The Labute approximate surface area is 130 Å². The lowest BCUT2D eigenvalue weighted by atomic mass is 9.94. The summed E-state index contributed by atoms with van der Waals surface area (Å²) in [5.74, 6) is -0.147. The van der Waals surface area contributed by atoms with Crippen LogP contribution in [-0.4, -0.2) is 16.2 Å². The Hall–Kier alpha value is -1.52. The molecular formula is C15H11Cl2NO3. The number of halogens is 2. The molecule has 0 radical (unpaired) electrons. The fourth-order valence-electron chi connectivity index (χ4n) is 3.43. The van der Waals surface area contributed by atoms with E-state index in [1.54, 1.807) is 12.1 Å². The topological polar surface area (TPSA) is 63.3 Å².